The summed E-state index contributed by atoms with van der Waals surface area (Å²) in [5.41, 5.74) is -0.324. The normalized spacial score (nSPS) is 38.2. The first-order valence-corrected chi connectivity index (χ1v) is 5.02. The van der Waals surface area contributed by atoms with Crippen LogP contribution in [0, 0.1) is 5.92 Å². The van der Waals surface area contributed by atoms with Crippen molar-refractivity contribution in [2.24, 2.45) is 5.92 Å². The van der Waals surface area contributed by atoms with Crippen LogP contribution in [0.3, 0.4) is 0 Å². The fourth-order valence-electron chi connectivity index (χ4n) is 2.29. The van der Waals surface area contributed by atoms with Crippen LogP contribution < -0.4 is 5.32 Å². The van der Waals surface area contributed by atoms with E-state index in [2.05, 4.69) is 12.2 Å². The zero-order valence-electron chi connectivity index (χ0n) is 8.30. The fraction of sp³-hybridized carbons (Fsp3) is 0.900. The van der Waals surface area contributed by atoms with Crippen molar-refractivity contribution in [1.82, 2.24) is 5.32 Å². The molecule has 0 amide bonds. The molecule has 0 aliphatic heterocycles. The van der Waals surface area contributed by atoms with Crippen LogP contribution in [0.5, 0.6) is 0 Å². The number of hydrogen-bond acceptors (Lipinski definition) is 3. The largest absolute Gasteiger partial charge is 0.468 e. The highest BCUT2D eigenvalue weighted by molar-refractivity contribution is 5.82. The maximum atomic E-state index is 11.5. The predicted molar refractivity (Wildman–Crippen MR) is 49.3 cm³/mol. The van der Waals surface area contributed by atoms with Crippen molar-refractivity contribution in [1.29, 1.82) is 0 Å². The van der Waals surface area contributed by atoms with Crippen LogP contribution in [-0.4, -0.2) is 24.7 Å². The van der Waals surface area contributed by atoms with Gasteiger partial charge in [0.1, 0.15) is 5.54 Å². The lowest BCUT2D eigenvalue weighted by Crippen LogP contribution is -2.61. The highest BCUT2D eigenvalue weighted by atomic mass is 16.5. The van der Waals surface area contributed by atoms with Gasteiger partial charge in [-0.05, 0) is 31.6 Å². The molecular weight excluding hydrogens is 166 g/mol. The number of methoxy groups -OCH3 is 1. The number of nitrogens with one attached hydrogen (secondary N) is 1. The Labute approximate surface area is 78.8 Å². The number of esters is 1. The van der Waals surface area contributed by atoms with E-state index >= 15 is 0 Å². The molecule has 74 valence electrons. The van der Waals surface area contributed by atoms with Gasteiger partial charge < -0.3 is 4.74 Å². The summed E-state index contributed by atoms with van der Waals surface area (Å²) in [5.74, 6) is 0.586. The second-order valence-corrected chi connectivity index (χ2v) is 4.51. The van der Waals surface area contributed by atoms with Gasteiger partial charge >= 0.3 is 5.97 Å². The monoisotopic (exact) mass is 183 g/mol. The van der Waals surface area contributed by atoms with Gasteiger partial charge in [-0.25, -0.2) is 0 Å². The van der Waals surface area contributed by atoms with E-state index < -0.39 is 0 Å². The van der Waals surface area contributed by atoms with Gasteiger partial charge in [-0.3, -0.25) is 10.1 Å². The summed E-state index contributed by atoms with van der Waals surface area (Å²) in [7, 11) is 1.47. The minimum Gasteiger partial charge on any atom is -0.468 e. The molecule has 0 heterocycles. The van der Waals surface area contributed by atoms with Crippen LogP contribution in [-0.2, 0) is 9.53 Å². The third-order valence-corrected chi connectivity index (χ3v) is 3.03. The molecule has 0 saturated heterocycles. The molecule has 2 fully saturated rings. The maximum absolute atomic E-state index is 11.5. The Hall–Kier alpha value is -0.570. The zero-order chi connectivity index (χ0) is 9.47. The molecule has 2 saturated carbocycles. The summed E-state index contributed by atoms with van der Waals surface area (Å²) >= 11 is 0. The number of rotatable bonds is 3. The Morgan fingerprint density at radius 1 is 1.46 bits per heavy atom. The predicted octanol–water partition coefficient (Wildman–Crippen LogP) is 1.08. The second kappa shape index (κ2) is 2.98. The Morgan fingerprint density at radius 2 is 2.08 bits per heavy atom. The molecule has 3 nitrogen and oxygen atoms in total. The molecule has 2 aliphatic carbocycles. The van der Waals surface area contributed by atoms with Crippen molar-refractivity contribution < 1.29 is 9.53 Å². The first-order valence-electron chi connectivity index (χ1n) is 5.02. The van der Waals surface area contributed by atoms with Crippen molar-refractivity contribution in [2.45, 2.75) is 44.2 Å². The Bertz CT molecular complexity index is 217. The summed E-state index contributed by atoms with van der Waals surface area (Å²) in [4.78, 5) is 11.5. The zero-order valence-corrected chi connectivity index (χ0v) is 8.30. The van der Waals surface area contributed by atoms with Gasteiger partial charge in [0.15, 0.2) is 0 Å². The van der Waals surface area contributed by atoms with E-state index in [9.17, 15) is 4.79 Å². The lowest BCUT2D eigenvalue weighted by atomic mass is 9.69. The Kier molecular flexibility index (Phi) is 2.06. The van der Waals surface area contributed by atoms with Crippen molar-refractivity contribution in [3.05, 3.63) is 0 Å². The molecule has 0 bridgehead atoms. The SMILES string of the molecule is COC(=O)C1(NC2CC2)CC(C)C1. The van der Waals surface area contributed by atoms with E-state index in [0.29, 0.717) is 12.0 Å². The molecule has 1 N–H and O–H groups in total. The number of ether oxygens (including phenoxy) is 1. The van der Waals surface area contributed by atoms with Crippen molar-refractivity contribution in [3.63, 3.8) is 0 Å². The van der Waals surface area contributed by atoms with E-state index in [4.69, 9.17) is 4.74 Å². The molecule has 2 aliphatic rings. The summed E-state index contributed by atoms with van der Waals surface area (Å²) in [6.07, 6.45) is 4.31. The van der Waals surface area contributed by atoms with E-state index in [-0.39, 0.29) is 11.5 Å². The number of carbonyl (C=O) groups is 1. The van der Waals surface area contributed by atoms with Crippen molar-refractivity contribution in [2.75, 3.05) is 7.11 Å². The van der Waals surface area contributed by atoms with Crippen LogP contribution in [0.4, 0.5) is 0 Å². The quantitative estimate of drug-likeness (QED) is 0.665. The van der Waals surface area contributed by atoms with E-state index in [1.54, 1.807) is 0 Å². The summed E-state index contributed by atoms with van der Waals surface area (Å²) in [5, 5.41) is 3.41. The van der Waals surface area contributed by atoms with E-state index in [1.165, 1.54) is 20.0 Å². The third-order valence-electron chi connectivity index (χ3n) is 3.03. The van der Waals surface area contributed by atoms with Gasteiger partial charge in [0.05, 0.1) is 7.11 Å². The summed E-state index contributed by atoms with van der Waals surface area (Å²) in [6.45, 7) is 2.18. The van der Waals surface area contributed by atoms with E-state index in [1.807, 2.05) is 0 Å². The Morgan fingerprint density at radius 3 is 2.46 bits per heavy atom. The summed E-state index contributed by atoms with van der Waals surface area (Å²) in [6, 6.07) is 0.576. The molecule has 0 aromatic heterocycles. The topological polar surface area (TPSA) is 38.3 Å². The molecule has 2 rings (SSSR count). The lowest BCUT2D eigenvalue weighted by Gasteiger charge is -2.44. The molecule has 3 heteroatoms. The van der Waals surface area contributed by atoms with Gasteiger partial charge in [0, 0.05) is 6.04 Å². The fourth-order valence-corrected chi connectivity index (χ4v) is 2.29. The third kappa shape index (κ3) is 1.57. The lowest BCUT2D eigenvalue weighted by molar-refractivity contribution is -0.155. The molecule has 0 unspecified atom stereocenters. The van der Waals surface area contributed by atoms with Gasteiger partial charge in [0.25, 0.3) is 0 Å². The molecule has 0 atom stereocenters. The molecule has 0 aromatic rings. The van der Waals surface area contributed by atoms with Crippen LogP contribution in [0.25, 0.3) is 0 Å². The average molecular weight is 183 g/mol. The van der Waals surface area contributed by atoms with Crippen LogP contribution in [0.15, 0.2) is 0 Å². The smallest absolute Gasteiger partial charge is 0.326 e. The first kappa shape index (κ1) is 9.00. The maximum Gasteiger partial charge on any atom is 0.326 e. The highest BCUT2D eigenvalue weighted by Gasteiger charge is 2.51. The van der Waals surface area contributed by atoms with Crippen molar-refractivity contribution in [3.8, 4) is 0 Å². The molecule has 0 radical (unpaired) electrons. The van der Waals surface area contributed by atoms with E-state index in [0.717, 1.165) is 12.8 Å². The standard InChI is InChI=1S/C10H17NO2/c1-7-5-10(6-7,9(12)13-2)11-8-3-4-8/h7-8,11H,3-6H2,1-2H3. The first-order chi connectivity index (χ1) is 6.16. The average Bonchev–Trinajstić information content (AvgIpc) is 2.83. The minimum atomic E-state index is -0.324. The molecule has 13 heavy (non-hydrogen) atoms. The van der Waals surface area contributed by atoms with Gasteiger partial charge in [-0.15, -0.1) is 0 Å². The van der Waals surface area contributed by atoms with Crippen LogP contribution in [0.1, 0.15) is 32.6 Å². The van der Waals surface area contributed by atoms with Crippen molar-refractivity contribution >= 4 is 5.97 Å². The molecule has 0 aromatic carbocycles. The second-order valence-electron chi connectivity index (χ2n) is 4.51. The minimum absolute atomic E-state index is 0.0718. The van der Waals surface area contributed by atoms with Gasteiger partial charge in [0.2, 0.25) is 0 Å². The molecule has 0 spiro atoms. The highest BCUT2D eigenvalue weighted by Crippen LogP contribution is 2.40. The van der Waals surface area contributed by atoms with Crippen LogP contribution >= 0.6 is 0 Å². The summed E-state index contributed by atoms with van der Waals surface area (Å²) < 4.78 is 4.83. The van der Waals surface area contributed by atoms with Gasteiger partial charge in [-0.2, -0.15) is 0 Å². The molecular formula is C10H17NO2. The Balaban J connectivity index is 1.98. The van der Waals surface area contributed by atoms with Crippen LogP contribution in [0.2, 0.25) is 0 Å². The number of carbonyl (C=O) groups excluding carboxylic acids is 1. The van der Waals surface area contributed by atoms with Gasteiger partial charge in [-0.1, -0.05) is 6.92 Å². The number of hydrogen-bond donors (Lipinski definition) is 1.